The Bertz CT molecular complexity index is 2220. The number of halogens is 3. The fourth-order valence-corrected chi connectivity index (χ4v) is 8.81. The average molecular weight is 795 g/mol. The van der Waals surface area contributed by atoms with Crippen LogP contribution in [0.2, 0.25) is 35.7 Å². The Hall–Kier alpha value is -4.18. The molecule has 4 aromatic rings. The predicted molar refractivity (Wildman–Crippen MR) is 212 cm³/mol. The third kappa shape index (κ3) is 7.55. The van der Waals surface area contributed by atoms with Crippen LogP contribution >= 0.6 is 23.2 Å². The number of ketones is 1. The fraction of sp³-hybridized carbons (Fsp3) is 0.475. The Kier molecular flexibility index (Phi) is 10.8. The number of benzene rings is 2. The minimum atomic E-state index is -1.46. The lowest BCUT2D eigenvalue weighted by molar-refractivity contribution is 0.0209. The number of carbonyl (C=O) groups excluding carboxylic acids is 3. The maximum absolute atomic E-state index is 17.3. The van der Waals surface area contributed by atoms with Crippen LogP contribution in [0.4, 0.5) is 14.0 Å². The van der Waals surface area contributed by atoms with E-state index in [1.54, 1.807) is 23.1 Å². The molecule has 2 aromatic carbocycles. The van der Waals surface area contributed by atoms with E-state index in [0.29, 0.717) is 46.3 Å². The zero-order valence-corrected chi connectivity index (χ0v) is 34.4. The van der Waals surface area contributed by atoms with Crippen molar-refractivity contribution in [3.05, 3.63) is 63.1 Å². The number of nitrogens with zero attached hydrogens (tertiary/aromatic N) is 4. The fourth-order valence-electron chi connectivity index (χ4n) is 7.70. The van der Waals surface area contributed by atoms with Crippen LogP contribution < -0.4 is 5.32 Å². The summed E-state index contributed by atoms with van der Waals surface area (Å²) in [5.74, 6) is -1.06. The molecule has 0 unspecified atom stereocenters. The van der Waals surface area contributed by atoms with Crippen LogP contribution in [0.3, 0.4) is 0 Å². The van der Waals surface area contributed by atoms with E-state index in [9.17, 15) is 19.6 Å². The molecule has 1 aliphatic carbocycles. The Morgan fingerprint density at radius 2 is 1.89 bits per heavy atom. The number of ether oxygens (including phenoxy) is 2. The number of nitriles is 1. The maximum Gasteiger partial charge on any atom is 0.410 e. The number of rotatable bonds is 10. The number of fused-ring (bicyclic) bond motifs is 4. The summed E-state index contributed by atoms with van der Waals surface area (Å²) in [6.45, 7) is 16.0. The molecule has 3 aliphatic rings. The minimum Gasteiger partial charge on any atom is -0.450 e. The van der Waals surface area contributed by atoms with E-state index in [1.165, 1.54) is 6.92 Å². The number of aryl methyl sites for hydroxylation is 1. The molecule has 2 aliphatic heterocycles. The topological polar surface area (TPSA) is 127 Å². The van der Waals surface area contributed by atoms with E-state index in [0.717, 1.165) is 12.5 Å². The maximum atomic E-state index is 17.3. The van der Waals surface area contributed by atoms with Crippen molar-refractivity contribution < 1.29 is 28.2 Å². The van der Waals surface area contributed by atoms with Gasteiger partial charge in [-0.25, -0.2) is 19.0 Å². The van der Waals surface area contributed by atoms with E-state index in [4.69, 9.17) is 32.7 Å². The molecule has 7 rings (SSSR count). The molecular weight excluding hydrogens is 748 g/mol. The molecular formula is C40H46Cl2FN5O5Si. The molecule has 54 heavy (non-hydrogen) atoms. The number of Topliss-reactive ketones (excluding diaryl/α,β-unsaturated/α-hetero) is 1. The van der Waals surface area contributed by atoms with Gasteiger partial charge in [0.1, 0.15) is 16.8 Å². The summed E-state index contributed by atoms with van der Waals surface area (Å²) in [5, 5.41) is 13.9. The zero-order valence-electron chi connectivity index (χ0n) is 31.9. The zero-order chi connectivity index (χ0) is 39.4. The van der Waals surface area contributed by atoms with Gasteiger partial charge in [0.05, 0.1) is 46.4 Å². The first kappa shape index (κ1) is 39.5. The van der Waals surface area contributed by atoms with E-state index in [-0.39, 0.29) is 63.4 Å². The van der Waals surface area contributed by atoms with Gasteiger partial charge in [0, 0.05) is 61.5 Å². The summed E-state index contributed by atoms with van der Waals surface area (Å²) in [6, 6.07) is 10.4. The van der Waals surface area contributed by atoms with Crippen molar-refractivity contribution in [1.29, 1.82) is 5.26 Å². The highest BCUT2D eigenvalue weighted by Crippen LogP contribution is 2.53. The van der Waals surface area contributed by atoms with Crippen LogP contribution in [0.15, 0.2) is 30.3 Å². The van der Waals surface area contributed by atoms with Crippen molar-refractivity contribution in [1.82, 2.24) is 19.8 Å². The smallest absolute Gasteiger partial charge is 0.410 e. The molecule has 286 valence electrons. The summed E-state index contributed by atoms with van der Waals surface area (Å²) in [4.78, 5) is 46.4. The molecule has 1 saturated carbocycles. The summed E-state index contributed by atoms with van der Waals surface area (Å²) < 4.78 is 30.7. The number of alkyl carbamates (subject to hydrolysis) is 1. The Labute approximate surface area is 325 Å². The molecule has 4 atom stereocenters. The van der Waals surface area contributed by atoms with Gasteiger partial charge in [-0.3, -0.25) is 4.79 Å². The molecule has 10 nitrogen and oxygen atoms in total. The average Bonchev–Trinajstić information content (AvgIpc) is 3.77. The first-order valence-electron chi connectivity index (χ1n) is 18.3. The van der Waals surface area contributed by atoms with Gasteiger partial charge < -0.3 is 24.3 Å². The van der Waals surface area contributed by atoms with Gasteiger partial charge in [-0.05, 0) is 70.3 Å². The summed E-state index contributed by atoms with van der Waals surface area (Å²) >= 11 is 13.0. The van der Waals surface area contributed by atoms with Gasteiger partial charge in [-0.15, -0.1) is 0 Å². The number of nitrogens with one attached hydrogen (secondary N) is 1. The van der Waals surface area contributed by atoms with Gasteiger partial charge in [0.2, 0.25) is 0 Å². The van der Waals surface area contributed by atoms with Crippen LogP contribution in [0.5, 0.6) is 0 Å². The van der Waals surface area contributed by atoms with Crippen LogP contribution in [0.1, 0.15) is 81.3 Å². The number of amides is 2. The molecule has 1 N–H and O–H groups in total. The number of pyridine rings is 1. The van der Waals surface area contributed by atoms with Gasteiger partial charge in [-0.1, -0.05) is 55.0 Å². The largest absolute Gasteiger partial charge is 0.450 e. The Balaban J connectivity index is 1.59. The highest BCUT2D eigenvalue weighted by molar-refractivity contribution is 6.76. The number of hydrogen-bond donors (Lipinski definition) is 1. The summed E-state index contributed by atoms with van der Waals surface area (Å²) in [6.07, 6.45) is 0.0328. The van der Waals surface area contributed by atoms with Crippen molar-refractivity contribution >= 4 is 71.1 Å². The van der Waals surface area contributed by atoms with Crippen molar-refractivity contribution in [2.45, 2.75) is 103 Å². The van der Waals surface area contributed by atoms with Gasteiger partial charge >= 0.3 is 12.2 Å². The highest BCUT2D eigenvalue weighted by Gasteiger charge is 2.56. The summed E-state index contributed by atoms with van der Waals surface area (Å²) in [7, 11) is -1.46. The second-order valence-electron chi connectivity index (χ2n) is 16.6. The minimum absolute atomic E-state index is 0.0178. The van der Waals surface area contributed by atoms with E-state index in [2.05, 4.69) is 40.6 Å². The molecule has 2 amide bonds. The number of aromatic nitrogens is 2. The van der Waals surface area contributed by atoms with Crippen molar-refractivity contribution in [3.8, 4) is 17.2 Å². The monoisotopic (exact) mass is 793 g/mol. The Morgan fingerprint density at radius 3 is 2.54 bits per heavy atom. The standard InChI is InChI=1S/C40H46Cl2FN5O5Si/c1-21(45-38(50)52-15-16-54(6,7)8)29-19-27-34(22(2)49)46-35-26(17-23(11-10-14-44)31(33(35)43)25-12-9-13-28(41)32(25)42)37(27)48(29)36-24-18-30(36)47(20-24)39(51)53-40(3,4)5/h9,12-13,17,19,21,24,30,36H,10-11,15-16,18,20H2,1-8H3,(H,45,50)/t21-,24-,30-,36+/m1/s1. The molecule has 0 spiro atoms. The summed E-state index contributed by atoms with van der Waals surface area (Å²) in [5.41, 5.74) is 1.52. The van der Waals surface area contributed by atoms with Crippen molar-refractivity contribution in [2.75, 3.05) is 13.2 Å². The van der Waals surface area contributed by atoms with Crippen LogP contribution in [0, 0.1) is 23.1 Å². The highest BCUT2D eigenvalue weighted by atomic mass is 35.5. The molecule has 2 aromatic heterocycles. The first-order chi connectivity index (χ1) is 25.3. The lowest BCUT2D eigenvalue weighted by atomic mass is 9.79. The predicted octanol–water partition coefficient (Wildman–Crippen LogP) is 10.3. The SMILES string of the molecule is CC(=O)c1nc2c(F)c(-c3cccc(Cl)c3Cl)c(CCC#N)cc2c2c1cc([C@@H](C)NC(=O)OCC[Si](C)(C)C)n2[C@H]1[C@@H]2C[C@H]1N(C(=O)OC(C)(C)C)C2. The molecule has 3 fully saturated rings. The molecule has 4 heterocycles. The second-order valence-corrected chi connectivity index (χ2v) is 23.0. The molecule has 0 radical (unpaired) electrons. The van der Waals surface area contributed by atoms with Gasteiger partial charge in [0.15, 0.2) is 11.6 Å². The van der Waals surface area contributed by atoms with E-state index >= 15 is 4.39 Å². The Morgan fingerprint density at radius 1 is 1.17 bits per heavy atom. The third-order valence-electron chi connectivity index (χ3n) is 10.2. The van der Waals surface area contributed by atoms with Gasteiger partial charge in [0.25, 0.3) is 0 Å². The lowest BCUT2D eigenvalue weighted by Crippen LogP contribution is -2.45. The lowest BCUT2D eigenvalue weighted by Gasteiger charge is -2.40. The van der Waals surface area contributed by atoms with E-state index in [1.807, 2.05) is 39.8 Å². The number of hydrogen-bond acceptors (Lipinski definition) is 7. The first-order valence-corrected chi connectivity index (χ1v) is 22.7. The molecule has 2 saturated heterocycles. The molecule has 14 heteroatoms. The van der Waals surface area contributed by atoms with Crippen molar-refractivity contribution in [2.24, 2.45) is 5.92 Å². The normalized spacial score (nSPS) is 18.7. The quantitative estimate of drug-likeness (QED) is 0.125. The van der Waals surface area contributed by atoms with Gasteiger partial charge in [-0.2, -0.15) is 5.26 Å². The second kappa shape index (κ2) is 14.8. The van der Waals surface area contributed by atoms with Crippen LogP contribution in [0.25, 0.3) is 32.9 Å². The van der Waals surface area contributed by atoms with Crippen LogP contribution in [-0.4, -0.2) is 65.3 Å². The third-order valence-corrected chi connectivity index (χ3v) is 12.7. The van der Waals surface area contributed by atoms with Crippen LogP contribution in [-0.2, 0) is 15.9 Å². The van der Waals surface area contributed by atoms with E-state index < -0.39 is 37.7 Å². The molecule has 2 bridgehead atoms. The van der Waals surface area contributed by atoms with Crippen molar-refractivity contribution in [3.63, 3.8) is 0 Å². The number of carbonyl (C=O) groups is 3.